The topological polar surface area (TPSA) is 90.8 Å². The Kier molecular flexibility index (Phi) is 6.53. The van der Waals surface area contributed by atoms with E-state index in [1.54, 1.807) is 12.1 Å². The lowest BCUT2D eigenvalue weighted by Gasteiger charge is -2.27. The predicted octanol–water partition coefficient (Wildman–Crippen LogP) is 5.34. The van der Waals surface area contributed by atoms with Gasteiger partial charge in [-0.25, -0.2) is 25.5 Å². The molecular formula is C26H23F3N6O2. The van der Waals surface area contributed by atoms with Crippen molar-refractivity contribution >= 4 is 11.7 Å². The van der Waals surface area contributed by atoms with Crippen molar-refractivity contribution in [3.05, 3.63) is 90.3 Å². The normalized spacial score (nSPS) is 15.6. The van der Waals surface area contributed by atoms with E-state index >= 15 is 0 Å². The summed E-state index contributed by atoms with van der Waals surface area (Å²) < 4.78 is 48.2. The highest BCUT2D eigenvalue weighted by Gasteiger charge is 2.31. The number of aliphatic imine (C=N–C) groups is 1. The Balaban J connectivity index is 1.28. The molecule has 0 saturated carbocycles. The average Bonchev–Trinajstić information content (AvgIpc) is 3.39. The molecule has 37 heavy (non-hydrogen) atoms. The van der Waals surface area contributed by atoms with Gasteiger partial charge in [0.25, 0.3) is 0 Å². The van der Waals surface area contributed by atoms with E-state index in [0.717, 1.165) is 17.5 Å². The average molecular weight is 509 g/mol. The number of anilines is 1. The molecule has 1 unspecified atom stereocenters. The molecule has 0 saturated heterocycles. The molecule has 4 aromatic rings. The molecule has 1 aliphatic rings. The molecule has 2 N–H and O–H groups in total. The van der Waals surface area contributed by atoms with Crippen molar-refractivity contribution in [2.75, 3.05) is 11.6 Å². The number of alkyl halides is 3. The monoisotopic (exact) mass is 508 g/mol. The van der Waals surface area contributed by atoms with Gasteiger partial charge < -0.3 is 9.47 Å². The third-order valence-electron chi connectivity index (χ3n) is 5.79. The number of rotatable bonds is 5. The largest absolute Gasteiger partial charge is 0.573 e. The van der Waals surface area contributed by atoms with Gasteiger partial charge in [-0.05, 0) is 61.0 Å². The summed E-state index contributed by atoms with van der Waals surface area (Å²) in [4.78, 5) is 9.00. The molecule has 8 nitrogen and oxygen atoms in total. The molecule has 0 amide bonds. The van der Waals surface area contributed by atoms with Gasteiger partial charge in [-0.15, -0.1) is 18.3 Å². The molecule has 2 heterocycles. The highest BCUT2D eigenvalue weighted by Crippen LogP contribution is 2.28. The molecule has 1 aromatic heterocycles. The van der Waals surface area contributed by atoms with Gasteiger partial charge in [-0.2, -0.15) is 0 Å². The quantitative estimate of drug-likeness (QED) is 0.289. The standard InChI is InChI=1S/C26H23F3N6O2/c1-17-2-4-18(5-3-17)23-14-15-36-25(32-23)35(30)21-8-6-19(7-9-21)24-31-16-34(33-24)20-10-12-22(13-11-20)37-26(27,28)29/h2-13,16,23H,14-15,30H2,1H3. The molecule has 3 aromatic carbocycles. The second-order valence-corrected chi connectivity index (χ2v) is 8.45. The zero-order valence-corrected chi connectivity index (χ0v) is 19.8. The molecule has 1 atom stereocenters. The number of hydrazine groups is 1. The lowest BCUT2D eigenvalue weighted by atomic mass is 10.0. The van der Waals surface area contributed by atoms with Crippen molar-refractivity contribution < 1.29 is 22.6 Å². The highest BCUT2D eigenvalue weighted by molar-refractivity contribution is 5.91. The van der Waals surface area contributed by atoms with Crippen LogP contribution in [0.15, 0.2) is 84.1 Å². The van der Waals surface area contributed by atoms with Crippen LogP contribution >= 0.6 is 0 Å². The number of nitrogens with zero attached hydrogens (tertiary/aromatic N) is 5. The van der Waals surface area contributed by atoms with Gasteiger partial charge in [0, 0.05) is 12.0 Å². The van der Waals surface area contributed by atoms with Crippen molar-refractivity contribution in [3.63, 3.8) is 0 Å². The van der Waals surface area contributed by atoms with Crippen LogP contribution in [0.3, 0.4) is 0 Å². The van der Waals surface area contributed by atoms with Gasteiger partial charge in [0.05, 0.1) is 24.0 Å². The van der Waals surface area contributed by atoms with Gasteiger partial charge in [0.15, 0.2) is 5.82 Å². The summed E-state index contributed by atoms with van der Waals surface area (Å²) in [5.74, 6) is 6.45. The number of aryl methyl sites for hydroxylation is 1. The minimum Gasteiger partial charge on any atom is -0.464 e. The Morgan fingerprint density at radius 3 is 2.38 bits per heavy atom. The fourth-order valence-electron chi connectivity index (χ4n) is 3.86. The lowest BCUT2D eigenvalue weighted by Crippen LogP contribution is -2.41. The van der Waals surface area contributed by atoms with Gasteiger partial charge >= 0.3 is 12.4 Å². The summed E-state index contributed by atoms with van der Waals surface area (Å²) >= 11 is 0. The summed E-state index contributed by atoms with van der Waals surface area (Å²) in [6, 6.07) is 21.2. The molecule has 0 spiro atoms. The molecule has 5 rings (SSSR count). The van der Waals surface area contributed by atoms with E-state index in [-0.39, 0.29) is 11.8 Å². The minimum absolute atomic E-state index is 0.0306. The van der Waals surface area contributed by atoms with Crippen LogP contribution in [0.1, 0.15) is 23.6 Å². The summed E-state index contributed by atoms with van der Waals surface area (Å²) in [5, 5.41) is 5.82. The van der Waals surface area contributed by atoms with Gasteiger partial charge in [0.2, 0.25) is 0 Å². The van der Waals surface area contributed by atoms with E-state index in [1.165, 1.54) is 45.8 Å². The molecule has 1 aliphatic heterocycles. The molecule has 0 aliphatic carbocycles. The van der Waals surface area contributed by atoms with Crippen molar-refractivity contribution in [1.82, 2.24) is 14.8 Å². The molecule has 0 fully saturated rings. The first-order valence-corrected chi connectivity index (χ1v) is 11.5. The van der Waals surface area contributed by atoms with Gasteiger partial charge in [0.1, 0.15) is 12.1 Å². The SMILES string of the molecule is Cc1ccc(C2CCOC(N(N)c3ccc(-c4ncn(-c5ccc(OC(F)(F)F)cc5)n4)cc3)=N2)cc1. The lowest BCUT2D eigenvalue weighted by molar-refractivity contribution is -0.274. The van der Waals surface area contributed by atoms with Gasteiger partial charge in [-0.1, -0.05) is 29.8 Å². The second-order valence-electron chi connectivity index (χ2n) is 8.45. The first kappa shape index (κ1) is 24.3. The van der Waals surface area contributed by atoms with Crippen molar-refractivity contribution in [3.8, 4) is 22.8 Å². The molecule has 190 valence electrons. The summed E-state index contributed by atoms with van der Waals surface area (Å²) in [5.41, 5.74) is 4.24. The zero-order chi connectivity index (χ0) is 26.0. The van der Waals surface area contributed by atoms with Crippen LogP contribution in [0, 0.1) is 6.92 Å². The number of ether oxygens (including phenoxy) is 2. The smallest absolute Gasteiger partial charge is 0.464 e. The van der Waals surface area contributed by atoms with E-state index in [0.29, 0.717) is 29.8 Å². The maximum atomic E-state index is 12.4. The van der Waals surface area contributed by atoms with Gasteiger partial charge in [-0.3, -0.25) is 0 Å². The third kappa shape index (κ3) is 5.72. The minimum atomic E-state index is -4.74. The fraction of sp³-hybridized carbons (Fsp3) is 0.192. The van der Waals surface area contributed by atoms with Crippen LogP contribution in [0.25, 0.3) is 17.1 Å². The summed E-state index contributed by atoms with van der Waals surface area (Å²) in [7, 11) is 0. The van der Waals surface area contributed by atoms with Crippen molar-refractivity contribution in [1.29, 1.82) is 0 Å². The van der Waals surface area contributed by atoms with E-state index < -0.39 is 6.36 Å². The summed E-state index contributed by atoms with van der Waals surface area (Å²) in [6.07, 6.45) is -2.49. The zero-order valence-electron chi connectivity index (χ0n) is 19.8. The number of hydrogen-bond donors (Lipinski definition) is 1. The van der Waals surface area contributed by atoms with Crippen LogP contribution in [0.5, 0.6) is 5.75 Å². The number of halogens is 3. The number of aromatic nitrogens is 3. The predicted molar refractivity (Wildman–Crippen MR) is 132 cm³/mol. The Bertz CT molecular complexity index is 1380. The van der Waals surface area contributed by atoms with Crippen LogP contribution in [-0.2, 0) is 4.74 Å². The van der Waals surface area contributed by atoms with E-state index in [1.807, 2.05) is 19.1 Å². The number of hydrogen-bond acceptors (Lipinski definition) is 7. The van der Waals surface area contributed by atoms with Crippen molar-refractivity contribution in [2.45, 2.75) is 25.7 Å². The maximum absolute atomic E-state index is 12.4. The second kappa shape index (κ2) is 9.94. The molecular weight excluding hydrogens is 485 g/mol. The third-order valence-corrected chi connectivity index (χ3v) is 5.79. The van der Waals surface area contributed by atoms with Crippen LogP contribution in [-0.4, -0.2) is 33.8 Å². The number of nitrogens with two attached hydrogens (primary N) is 1. The Labute approximate surface area is 210 Å². The van der Waals surface area contributed by atoms with Crippen LogP contribution in [0.2, 0.25) is 0 Å². The maximum Gasteiger partial charge on any atom is 0.573 e. The number of amidine groups is 1. The van der Waals surface area contributed by atoms with Crippen molar-refractivity contribution in [2.24, 2.45) is 10.8 Å². The van der Waals surface area contributed by atoms with Crippen LogP contribution in [0.4, 0.5) is 18.9 Å². The van der Waals surface area contributed by atoms with E-state index in [9.17, 15) is 13.2 Å². The molecule has 0 bridgehead atoms. The molecule has 11 heteroatoms. The molecule has 0 radical (unpaired) electrons. The Hall–Kier alpha value is -4.38. The van der Waals surface area contributed by atoms with E-state index in [2.05, 4.69) is 39.1 Å². The van der Waals surface area contributed by atoms with E-state index in [4.69, 9.17) is 15.6 Å². The number of benzene rings is 3. The van der Waals surface area contributed by atoms with Crippen LogP contribution < -0.4 is 15.6 Å². The summed E-state index contributed by atoms with van der Waals surface area (Å²) in [6.45, 7) is 2.55. The first-order valence-electron chi connectivity index (χ1n) is 11.5. The fourth-order valence-corrected chi connectivity index (χ4v) is 3.86. The first-order chi connectivity index (χ1) is 17.7. The Morgan fingerprint density at radius 1 is 1.00 bits per heavy atom. The Morgan fingerprint density at radius 2 is 1.70 bits per heavy atom. The highest BCUT2D eigenvalue weighted by atomic mass is 19.4.